The summed E-state index contributed by atoms with van der Waals surface area (Å²) in [5.74, 6) is 0.668. The minimum Gasteiger partial charge on any atom is -0.483 e. The number of carbonyl (C=O) groups excluding carboxylic acids is 2. The third-order valence-corrected chi connectivity index (χ3v) is 3.26. The average molecular weight is 277 g/mol. The molecule has 1 aromatic carbocycles. The van der Waals surface area contributed by atoms with E-state index in [1.165, 1.54) is 0 Å². The second kappa shape index (κ2) is 7.68. The van der Waals surface area contributed by atoms with Crippen molar-refractivity contribution in [2.75, 3.05) is 6.61 Å². The zero-order chi connectivity index (χ0) is 15.1. The Bertz CT molecular complexity index is 469. The van der Waals surface area contributed by atoms with Crippen LogP contribution in [-0.2, 0) is 4.79 Å². The maximum atomic E-state index is 11.8. The van der Waals surface area contributed by atoms with E-state index in [1.54, 1.807) is 31.2 Å². The number of benzene rings is 1. The van der Waals surface area contributed by atoms with Gasteiger partial charge in [0, 0.05) is 12.5 Å². The molecule has 1 atom stereocenters. The van der Waals surface area contributed by atoms with Gasteiger partial charge in [0.25, 0.3) is 5.91 Å². The van der Waals surface area contributed by atoms with E-state index in [2.05, 4.69) is 5.32 Å². The summed E-state index contributed by atoms with van der Waals surface area (Å²) in [5.41, 5.74) is 0.528. The second-order valence-corrected chi connectivity index (χ2v) is 5.16. The Hall–Kier alpha value is -1.84. The molecule has 0 aliphatic heterocycles. The molecular formula is C16H23NO3. The standard InChI is InChI=1S/C16H23NO3/c1-5-14(18)13-8-6-7-9-15(13)20-10-16(19)17-12(4)11(2)3/h6-9,11-12H,5,10H2,1-4H3,(H,17,19). The highest BCUT2D eigenvalue weighted by molar-refractivity contribution is 5.98. The number of Topliss-reactive ketones (excluding diaryl/α,β-unsaturated/α-hetero) is 1. The highest BCUT2D eigenvalue weighted by Crippen LogP contribution is 2.19. The highest BCUT2D eigenvalue weighted by atomic mass is 16.5. The Morgan fingerprint density at radius 3 is 2.45 bits per heavy atom. The van der Waals surface area contributed by atoms with Gasteiger partial charge in [0.15, 0.2) is 12.4 Å². The van der Waals surface area contributed by atoms with Crippen molar-refractivity contribution < 1.29 is 14.3 Å². The molecule has 0 aliphatic carbocycles. The lowest BCUT2D eigenvalue weighted by atomic mass is 10.1. The molecule has 0 fully saturated rings. The molecule has 1 unspecified atom stereocenters. The monoisotopic (exact) mass is 277 g/mol. The van der Waals surface area contributed by atoms with Crippen molar-refractivity contribution >= 4 is 11.7 Å². The van der Waals surface area contributed by atoms with E-state index in [1.807, 2.05) is 20.8 Å². The summed E-state index contributed by atoms with van der Waals surface area (Å²) in [6.45, 7) is 7.76. The van der Waals surface area contributed by atoms with Crippen LogP contribution in [0.1, 0.15) is 44.5 Å². The molecule has 0 aromatic heterocycles. The van der Waals surface area contributed by atoms with Crippen molar-refractivity contribution in [2.45, 2.75) is 40.2 Å². The van der Waals surface area contributed by atoms with Crippen LogP contribution < -0.4 is 10.1 Å². The van der Waals surface area contributed by atoms with E-state index in [9.17, 15) is 9.59 Å². The average Bonchev–Trinajstić information content (AvgIpc) is 2.44. The minimum absolute atomic E-state index is 0.0107. The molecule has 4 nitrogen and oxygen atoms in total. The number of hydrogen-bond acceptors (Lipinski definition) is 3. The van der Waals surface area contributed by atoms with E-state index < -0.39 is 0 Å². The number of carbonyl (C=O) groups is 2. The molecule has 0 heterocycles. The van der Waals surface area contributed by atoms with Crippen LogP contribution in [0.5, 0.6) is 5.75 Å². The SMILES string of the molecule is CCC(=O)c1ccccc1OCC(=O)NC(C)C(C)C. The third-order valence-electron chi connectivity index (χ3n) is 3.26. The number of para-hydroxylation sites is 1. The van der Waals surface area contributed by atoms with Crippen molar-refractivity contribution in [3.8, 4) is 5.75 Å². The summed E-state index contributed by atoms with van der Waals surface area (Å²) in [6, 6.07) is 7.10. The first-order chi connectivity index (χ1) is 9.45. The molecule has 20 heavy (non-hydrogen) atoms. The summed E-state index contributed by atoms with van der Waals surface area (Å²) in [5, 5.41) is 2.86. The van der Waals surface area contributed by atoms with Crippen LogP contribution in [0.15, 0.2) is 24.3 Å². The minimum atomic E-state index is -0.176. The molecule has 0 bridgehead atoms. The molecule has 1 amide bonds. The lowest BCUT2D eigenvalue weighted by molar-refractivity contribution is -0.124. The highest BCUT2D eigenvalue weighted by Gasteiger charge is 2.14. The van der Waals surface area contributed by atoms with Gasteiger partial charge in [-0.25, -0.2) is 0 Å². The quantitative estimate of drug-likeness (QED) is 0.780. The smallest absolute Gasteiger partial charge is 0.258 e. The van der Waals surface area contributed by atoms with Gasteiger partial charge in [-0.15, -0.1) is 0 Å². The van der Waals surface area contributed by atoms with Crippen LogP contribution >= 0.6 is 0 Å². The summed E-state index contributed by atoms with van der Waals surface area (Å²) in [7, 11) is 0. The molecule has 0 aliphatic rings. The number of amides is 1. The van der Waals surface area contributed by atoms with Crippen molar-refractivity contribution in [2.24, 2.45) is 5.92 Å². The summed E-state index contributed by atoms with van der Waals surface area (Å²) < 4.78 is 5.47. The fourth-order valence-electron chi connectivity index (χ4n) is 1.62. The molecule has 4 heteroatoms. The van der Waals surface area contributed by atoms with Gasteiger partial charge in [-0.1, -0.05) is 32.9 Å². The predicted molar refractivity (Wildman–Crippen MR) is 79.0 cm³/mol. The zero-order valence-corrected chi connectivity index (χ0v) is 12.6. The van der Waals surface area contributed by atoms with Crippen LogP contribution in [0.4, 0.5) is 0 Å². The van der Waals surface area contributed by atoms with E-state index in [4.69, 9.17) is 4.74 Å². The second-order valence-electron chi connectivity index (χ2n) is 5.16. The third kappa shape index (κ3) is 4.68. The first kappa shape index (κ1) is 16.2. The number of hydrogen-bond donors (Lipinski definition) is 1. The van der Waals surface area contributed by atoms with Crippen molar-refractivity contribution in [3.63, 3.8) is 0 Å². The van der Waals surface area contributed by atoms with Crippen molar-refractivity contribution in [1.29, 1.82) is 0 Å². The van der Waals surface area contributed by atoms with Crippen molar-refractivity contribution in [1.82, 2.24) is 5.32 Å². The lowest BCUT2D eigenvalue weighted by Gasteiger charge is -2.17. The molecule has 1 aromatic rings. The van der Waals surface area contributed by atoms with Crippen LogP contribution in [0.2, 0.25) is 0 Å². The molecule has 110 valence electrons. The van der Waals surface area contributed by atoms with E-state index in [0.717, 1.165) is 0 Å². The molecule has 0 saturated heterocycles. The summed E-state index contributed by atoms with van der Waals surface area (Å²) in [4.78, 5) is 23.5. The van der Waals surface area contributed by atoms with Gasteiger partial charge in [-0.2, -0.15) is 0 Å². The van der Waals surface area contributed by atoms with Gasteiger partial charge in [0.2, 0.25) is 0 Å². The van der Waals surface area contributed by atoms with Crippen LogP contribution in [0, 0.1) is 5.92 Å². The Labute approximate surface area is 120 Å². The molecule has 0 spiro atoms. The Balaban J connectivity index is 2.62. The normalized spacial score (nSPS) is 12.1. The van der Waals surface area contributed by atoms with Gasteiger partial charge in [0.1, 0.15) is 5.75 Å². The van der Waals surface area contributed by atoms with E-state index in [0.29, 0.717) is 23.7 Å². The summed E-state index contributed by atoms with van der Waals surface area (Å²) in [6.07, 6.45) is 0.414. The number of rotatable bonds is 7. The zero-order valence-electron chi connectivity index (χ0n) is 12.6. The maximum Gasteiger partial charge on any atom is 0.258 e. The maximum absolute atomic E-state index is 11.8. The molecular weight excluding hydrogens is 254 g/mol. The number of ketones is 1. The van der Waals surface area contributed by atoms with Gasteiger partial charge in [-0.3, -0.25) is 9.59 Å². The van der Waals surface area contributed by atoms with Gasteiger partial charge >= 0.3 is 0 Å². The lowest BCUT2D eigenvalue weighted by Crippen LogP contribution is -2.39. The molecule has 1 N–H and O–H groups in total. The van der Waals surface area contributed by atoms with Crippen LogP contribution in [0.25, 0.3) is 0 Å². The first-order valence-electron chi connectivity index (χ1n) is 7.00. The van der Waals surface area contributed by atoms with Crippen LogP contribution in [0.3, 0.4) is 0 Å². The fraction of sp³-hybridized carbons (Fsp3) is 0.500. The molecule has 0 radical (unpaired) electrons. The predicted octanol–water partition coefficient (Wildman–Crippen LogP) is 2.82. The largest absolute Gasteiger partial charge is 0.483 e. The number of nitrogens with one attached hydrogen (secondary N) is 1. The van der Waals surface area contributed by atoms with Gasteiger partial charge < -0.3 is 10.1 Å². The van der Waals surface area contributed by atoms with E-state index >= 15 is 0 Å². The van der Waals surface area contributed by atoms with Gasteiger partial charge in [-0.05, 0) is 25.0 Å². The Morgan fingerprint density at radius 2 is 1.85 bits per heavy atom. The molecule has 0 saturated carbocycles. The number of ether oxygens (including phenoxy) is 1. The van der Waals surface area contributed by atoms with E-state index in [-0.39, 0.29) is 24.3 Å². The molecule has 1 rings (SSSR count). The fourth-order valence-corrected chi connectivity index (χ4v) is 1.62. The van der Waals surface area contributed by atoms with Crippen LogP contribution in [-0.4, -0.2) is 24.3 Å². The Kier molecular flexibility index (Phi) is 6.22. The Morgan fingerprint density at radius 1 is 1.20 bits per heavy atom. The topological polar surface area (TPSA) is 55.4 Å². The van der Waals surface area contributed by atoms with Gasteiger partial charge in [0.05, 0.1) is 5.56 Å². The summed E-state index contributed by atoms with van der Waals surface area (Å²) >= 11 is 0. The first-order valence-corrected chi connectivity index (χ1v) is 7.00. The van der Waals surface area contributed by atoms with Crippen molar-refractivity contribution in [3.05, 3.63) is 29.8 Å².